The van der Waals surface area contributed by atoms with Crippen molar-refractivity contribution in [3.8, 4) is 0 Å². The Morgan fingerprint density at radius 2 is 1.68 bits per heavy atom. The summed E-state index contributed by atoms with van der Waals surface area (Å²) in [4.78, 5) is 25.2. The Morgan fingerprint density at radius 3 is 2.23 bits per heavy atom. The molecule has 1 atom stereocenters. The average Bonchev–Trinajstić information content (AvgIpc) is 2.86. The molecule has 0 bridgehead atoms. The Balaban J connectivity index is 2.22. The minimum Gasteiger partial charge on any atom is -0.456 e. The quantitative estimate of drug-likeness (QED) is 0.691. The Morgan fingerprint density at radius 1 is 1.10 bits per heavy atom. The first-order chi connectivity index (χ1) is 14.1. The zero-order valence-electron chi connectivity index (χ0n) is 18.6. The molecule has 9 nitrogen and oxygen atoms in total. The van der Waals surface area contributed by atoms with Crippen molar-refractivity contribution in [2.45, 2.75) is 59.1 Å². The van der Waals surface area contributed by atoms with Crippen molar-refractivity contribution in [1.29, 1.82) is 0 Å². The number of nitrogens with one attached hydrogen (secondary N) is 1. The molecule has 172 valence electrons. The van der Waals surface area contributed by atoms with Crippen LogP contribution in [-0.4, -0.2) is 59.1 Å². The van der Waals surface area contributed by atoms with Crippen LogP contribution >= 0.6 is 0 Å². The molecule has 0 aliphatic carbocycles. The standard InChI is InChI=1S/C20H28F2N4O5/c1-19(2,3)30-16(27)11-8-13(22)14(9-12(11)21)26-18(29)25(7)15(24-26)10-23-17(28)31-20(4,5)6/h8-9,18,29H,10H2,1-7H3,(H,23,28). The Hall–Kier alpha value is -2.95. The van der Waals surface area contributed by atoms with E-state index < -0.39 is 52.5 Å². The first-order valence-electron chi connectivity index (χ1n) is 9.56. The number of hydrazone groups is 1. The summed E-state index contributed by atoms with van der Waals surface area (Å²) in [6, 6.07) is 1.44. The lowest BCUT2D eigenvalue weighted by Gasteiger charge is -2.25. The number of carbonyl (C=O) groups is 2. The van der Waals surface area contributed by atoms with E-state index in [4.69, 9.17) is 9.47 Å². The van der Waals surface area contributed by atoms with Crippen molar-refractivity contribution in [3.63, 3.8) is 0 Å². The van der Waals surface area contributed by atoms with Crippen molar-refractivity contribution in [2.75, 3.05) is 18.6 Å². The number of aliphatic hydroxyl groups is 1. The lowest BCUT2D eigenvalue weighted by atomic mass is 10.1. The summed E-state index contributed by atoms with van der Waals surface area (Å²) in [7, 11) is 1.46. The van der Waals surface area contributed by atoms with Crippen molar-refractivity contribution >= 4 is 23.6 Å². The fraction of sp³-hybridized carbons (Fsp3) is 0.550. The molecule has 0 fully saturated rings. The molecule has 0 saturated heterocycles. The van der Waals surface area contributed by atoms with Crippen LogP contribution in [0.4, 0.5) is 19.3 Å². The molecule has 0 spiro atoms. The van der Waals surface area contributed by atoms with Gasteiger partial charge in [-0.3, -0.25) is 0 Å². The minimum atomic E-state index is -1.46. The molecule has 1 aliphatic rings. The summed E-state index contributed by atoms with van der Waals surface area (Å²) in [5.74, 6) is -2.86. The van der Waals surface area contributed by atoms with E-state index >= 15 is 0 Å². The Bertz CT molecular complexity index is 893. The van der Waals surface area contributed by atoms with E-state index in [1.54, 1.807) is 41.5 Å². The van der Waals surface area contributed by atoms with Gasteiger partial charge in [-0.1, -0.05) is 0 Å². The number of alkyl carbamates (subject to hydrolysis) is 1. The van der Waals surface area contributed by atoms with E-state index in [0.717, 1.165) is 11.1 Å². The SMILES string of the molecule is CN1C(CNC(=O)OC(C)(C)C)=NN(c2cc(F)c(C(=O)OC(C)(C)C)cc2F)C1O. The maximum atomic E-state index is 14.7. The molecule has 0 radical (unpaired) electrons. The molecule has 0 saturated carbocycles. The van der Waals surface area contributed by atoms with Crippen molar-refractivity contribution < 1.29 is 33.0 Å². The molecule has 2 rings (SSSR count). The van der Waals surface area contributed by atoms with Gasteiger partial charge in [0.05, 0.1) is 12.1 Å². The number of aliphatic hydroxyl groups excluding tert-OH is 1. The smallest absolute Gasteiger partial charge is 0.408 e. The summed E-state index contributed by atoms with van der Waals surface area (Å²) < 4.78 is 39.4. The molecule has 2 N–H and O–H groups in total. The second-order valence-corrected chi connectivity index (χ2v) is 8.96. The first kappa shape index (κ1) is 24.3. The number of ether oxygens (including phenoxy) is 2. The van der Waals surface area contributed by atoms with Gasteiger partial charge in [-0.2, -0.15) is 5.10 Å². The molecule has 11 heteroatoms. The fourth-order valence-electron chi connectivity index (χ4n) is 2.55. The van der Waals surface area contributed by atoms with E-state index in [1.165, 1.54) is 11.9 Å². The average molecular weight is 442 g/mol. The van der Waals surface area contributed by atoms with Crippen LogP contribution in [0.5, 0.6) is 0 Å². The van der Waals surface area contributed by atoms with E-state index in [1.807, 2.05) is 0 Å². The maximum Gasteiger partial charge on any atom is 0.408 e. The van der Waals surface area contributed by atoms with Crippen LogP contribution < -0.4 is 10.3 Å². The Kier molecular flexibility index (Phi) is 6.79. The molecular weight excluding hydrogens is 414 g/mol. The highest BCUT2D eigenvalue weighted by Crippen LogP contribution is 2.29. The van der Waals surface area contributed by atoms with Gasteiger partial charge in [0, 0.05) is 13.1 Å². The number of amides is 1. The third-order valence-electron chi connectivity index (χ3n) is 3.89. The monoisotopic (exact) mass is 442 g/mol. The summed E-state index contributed by atoms with van der Waals surface area (Å²) in [5.41, 5.74) is -2.55. The van der Waals surface area contributed by atoms with E-state index in [-0.39, 0.29) is 12.4 Å². The summed E-state index contributed by atoms with van der Waals surface area (Å²) >= 11 is 0. The van der Waals surface area contributed by atoms with Crippen molar-refractivity contribution in [1.82, 2.24) is 10.2 Å². The first-order valence-corrected chi connectivity index (χ1v) is 9.56. The molecule has 1 aliphatic heterocycles. The van der Waals surface area contributed by atoms with Crippen molar-refractivity contribution in [2.24, 2.45) is 5.10 Å². The van der Waals surface area contributed by atoms with Gasteiger partial charge in [-0.05, 0) is 47.6 Å². The van der Waals surface area contributed by atoms with Gasteiger partial charge in [-0.15, -0.1) is 0 Å². The summed E-state index contributed by atoms with van der Waals surface area (Å²) in [5, 5.41) is 17.8. The van der Waals surface area contributed by atoms with Gasteiger partial charge in [0.1, 0.15) is 34.4 Å². The Labute approximate surface area is 179 Å². The van der Waals surface area contributed by atoms with Crippen LogP contribution in [0.15, 0.2) is 17.2 Å². The van der Waals surface area contributed by atoms with E-state index in [9.17, 15) is 23.5 Å². The topological polar surface area (TPSA) is 104 Å². The van der Waals surface area contributed by atoms with Crippen molar-refractivity contribution in [3.05, 3.63) is 29.3 Å². The number of hydrogen-bond acceptors (Lipinski definition) is 8. The number of likely N-dealkylation sites (N-methyl/N-ethyl adjacent to an activating group) is 1. The number of carbonyl (C=O) groups excluding carboxylic acids is 2. The van der Waals surface area contributed by atoms with Crippen LogP contribution in [0, 0.1) is 11.6 Å². The predicted octanol–water partition coefficient (Wildman–Crippen LogP) is 2.79. The van der Waals surface area contributed by atoms with E-state index in [2.05, 4.69) is 10.4 Å². The second-order valence-electron chi connectivity index (χ2n) is 8.96. The van der Waals surface area contributed by atoms with E-state index in [0.29, 0.717) is 6.07 Å². The van der Waals surface area contributed by atoms with Gasteiger partial charge in [0.2, 0.25) is 6.35 Å². The molecule has 1 heterocycles. The molecule has 0 aromatic heterocycles. The second kappa shape index (κ2) is 8.66. The lowest BCUT2D eigenvalue weighted by Crippen LogP contribution is -2.43. The summed E-state index contributed by atoms with van der Waals surface area (Å²) in [6.07, 6.45) is -2.16. The fourth-order valence-corrected chi connectivity index (χ4v) is 2.55. The zero-order chi connectivity index (χ0) is 23.7. The van der Waals surface area contributed by atoms with Gasteiger partial charge in [-0.25, -0.2) is 23.4 Å². The number of anilines is 1. The molecular formula is C20H28F2N4O5. The summed E-state index contributed by atoms with van der Waals surface area (Å²) in [6.45, 7) is 9.79. The lowest BCUT2D eigenvalue weighted by molar-refractivity contribution is 0.00638. The number of nitrogens with zero attached hydrogens (tertiary/aromatic N) is 3. The minimum absolute atomic E-state index is 0.126. The number of amidine groups is 1. The van der Waals surface area contributed by atoms with Crippen LogP contribution in [0.1, 0.15) is 51.9 Å². The van der Waals surface area contributed by atoms with Crippen LogP contribution in [0.25, 0.3) is 0 Å². The number of halogens is 2. The van der Waals surface area contributed by atoms with Crippen LogP contribution in [0.2, 0.25) is 0 Å². The molecule has 1 aromatic carbocycles. The van der Waals surface area contributed by atoms with Crippen LogP contribution in [-0.2, 0) is 9.47 Å². The highest BCUT2D eigenvalue weighted by molar-refractivity contribution is 5.91. The predicted molar refractivity (Wildman–Crippen MR) is 109 cm³/mol. The number of rotatable bonds is 4. The molecule has 1 unspecified atom stereocenters. The zero-order valence-corrected chi connectivity index (χ0v) is 18.6. The number of hydrogen-bond donors (Lipinski definition) is 2. The highest BCUT2D eigenvalue weighted by atomic mass is 19.1. The van der Waals surface area contributed by atoms with Gasteiger partial charge in [0.25, 0.3) is 0 Å². The third-order valence-corrected chi connectivity index (χ3v) is 3.89. The maximum absolute atomic E-state index is 14.7. The molecule has 1 aromatic rings. The normalized spacial score (nSPS) is 16.8. The van der Waals surface area contributed by atoms with Gasteiger partial charge >= 0.3 is 12.1 Å². The van der Waals surface area contributed by atoms with Crippen LogP contribution in [0.3, 0.4) is 0 Å². The largest absolute Gasteiger partial charge is 0.456 e. The highest BCUT2D eigenvalue weighted by Gasteiger charge is 2.34. The third kappa shape index (κ3) is 6.27. The number of esters is 1. The molecule has 31 heavy (non-hydrogen) atoms. The number of benzene rings is 1. The molecule has 1 amide bonds. The van der Waals surface area contributed by atoms with Gasteiger partial charge in [0.15, 0.2) is 0 Å². The van der Waals surface area contributed by atoms with Gasteiger partial charge < -0.3 is 24.8 Å².